The fraction of sp³-hybridized carbons (Fsp3) is 0.737. The van der Waals surface area contributed by atoms with Crippen LogP contribution < -0.4 is 5.56 Å². The van der Waals surface area contributed by atoms with Crippen molar-refractivity contribution in [1.82, 2.24) is 19.7 Å². The molecule has 4 rings (SSSR count). The van der Waals surface area contributed by atoms with Crippen molar-refractivity contribution in [1.29, 1.82) is 0 Å². The SMILES string of the molecule is CC1(C)CC(n2ncc3c(=O)[nH]c(CC4CC4)nc32)CC(C)(C)C1. The molecule has 2 fully saturated rings. The topological polar surface area (TPSA) is 63.6 Å². The van der Waals surface area contributed by atoms with Crippen molar-refractivity contribution < 1.29 is 0 Å². The Hall–Kier alpha value is -1.65. The lowest BCUT2D eigenvalue weighted by molar-refractivity contribution is 0.0689. The fourth-order valence-corrected chi connectivity index (χ4v) is 4.90. The summed E-state index contributed by atoms with van der Waals surface area (Å²) in [5, 5.41) is 5.20. The van der Waals surface area contributed by atoms with Gasteiger partial charge in [0.25, 0.3) is 5.56 Å². The summed E-state index contributed by atoms with van der Waals surface area (Å²) in [5.74, 6) is 1.53. The first kappa shape index (κ1) is 15.9. The molecular formula is C19H28N4O. The first-order chi connectivity index (χ1) is 11.2. The van der Waals surface area contributed by atoms with Crippen molar-refractivity contribution >= 4 is 11.0 Å². The molecule has 0 unspecified atom stereocenters. The maximum absolute atomic E-state index is 12.4. The van der Waals surface area contributed by atoms with Gasteiger partial charge in [0, 0.05) is 6.42 Å². The van der Waals surface area contributed by atoms with Crippen molar-refractivity contribution in [2.24, 2.45) is 16.7 Å². The van der Waals surface area contributed by atoms with Gasteiger partial charge < -0.3 is 4.98 Å². The Morgan fingerprint density at radius 3 is 2.50 bits per heavy atom. The van der Waals surface area contributed by atoms with E-state index in [1.807, 2.05) is 4.68 Å². The molecule has 130 valence electrons. The highest BCUT2D eigenvalue weighted by molar-refractivity contribution is 5.73. The molecule has 2 saturated carbocycles. The van der Waals surface area contributed by atoms with Gasteiger partial charge in [0.2, 0.25) is 0 Å². The van der Waals surface area contributed by atoms with E-state index >= 15 is 0 Å². The minimum Gasteiger partial charge on any atom is -0.310 e. The van der Waals surface area contributed by atoms with Gasteiger partial charge in [0.15, 0.2) is 5.65 Å². The van der Waals surface area contributed by atoms with Crippen LogP contribution in [0, 0.1) is 16.7 Å². The van der Waals surface area contributed by atoms with Crippen molar-refractivity contribution in [3.8, 4) is 0 Å². The Morgan fingerprint density at radius 2 is 1.88 bits per heavy atom. The number of hydrogen-bond donors (Lipinski definition) is 1. The molecule has 0 spiro atoms. The van der Waals surface area contributed by atoms with Crippen molar-refractivity contribution in [2.75, 3.05) is 0 Å². The Labute approximate surface area is 142 Å². The molecule has 0 aliphatic heterocycles. The van der Waals surface area contributed by atoms with Crippen LogP contribution in [0.1, 0.15) is 71.7 Å². The van der Waals surface area contributed by atoms with E-state index in [2.05, 4.69) is 37.8 Å². The number of aromatic amines is 1. The summed E-state index contributed by atoms with van der Waals surface area (Å²) in [4.78, 5) is 20.1. The average Bonchev–Trinajstić information content (AvgIpc) is 3.11. The second-order valence-electron chi connectivity index (χ2n) is 9.55. The summed E-state index contributed by atoms with van der Waals surface area (Å²) in [5.41, 5.74) is 1.29. The smallest absolute Gasteiger partial charge is 0.262 e. The number of fused-ring (bicyclic) bond motifs is 1. The summed E-state index contributed by atoms with van der Waals surface area (Å²) >= 11 is 0. The third-order valence-electron chi connectivity index (χ3n) is 5.57. The normalized spacial score (nSPS) is 23.7. The monoisotopic (exact) mass is 328 g/mol. The Kier molecular flexibility index (Phi) is 3.42. The second kappa shape index (κ2) is 5.17. The number of aromatic nitrogens is 4. The quantitative estimate of drug-likeness (QED) is 0.931. The Bertz CT molecular complexity index is 809. The van der Waals surface area contributed by atoms with Crippen LogP contribution in [0.2, 0.25) is 0 Å². The van der Waals surface area contributed by atoms with Crippen LogP contribution in [-0.4, -0.2) is 19.7 Å². The summed E-state index contributed by atoms with van der Waals surface area (Å²) < 4.78 is 2.03. The first-order valence-corrected chi connectivity index (χ1v) is 9.19. The molecule has 0 amide bonds. The number of nitrogens with zero attached hydrogens (tertiary/aromatic N) is 3. The van der Waals surface area contributed by atoms with Crippen LogP contribution >= 0.6 is 0 Å². The first-order valence-electron chi connectivity index (χ1n) is 9.19. The van der Waals surface area contributed by atoms with Crippen LogP contribution in [0.3, 0.4) is 0 Å². The zero-order valence-electron chi connectivity index (χ0n) is 15.2. The molecule has 24 heavy (non-hydrogen) atoms. The van der Waals surface area contributed by atoms with Crippen LogP contribution in [0.25, 0.3) is 11.0 Å². The number of rotatable bonds is 3. The zero-order valence-corrected chi connectivity index (χ0v) is 15.2. The summed E-state index contributed by atoms with van der Waals surface area (Å²) in [6.07, 6.45) is 8.47. The van der Waals surface area contributed by atoms with E-state index < -0.39 is 0 Å². The van der Waals surface area contributed by atoms with Gasteiger partial charge in [-0.2, -0.15) is 5.10 Å². The molecule has 1 N–H and O–H groups in total. The molecule has 0 aromatic carbocycles. The van der Waals surface area contributed by atoms with E-state index in [0.717, 1.165) is 30.7 Å². The van der Waals surface area contributed by atoms with E-state index in [1.165, 1.54) is 19.3 Å². The Morgan fingerprint density at radius 1 is 1.21 bits per heavy atom. The highest BCUT2D eigenvalue weighted by Crippen LogP contribution is 2.50. The summed E-state index contributed by atoms with van der Waals surface area (Å²) in [6.45, 7) is 9.35. The molecule has 0 bridgehead atoms. The lowest BCUT2D eigenvalue weighted by Crippen LogP contribution is -2.35. The molecule has 0 atom stereocenters. The lowest BCUT2D eigenvalue weighted by Gasteiger charge is -2.44. The van der Waals surface area contributed by atoms with E-state index in [4.69, 9.17) is 4.98 Å². The second-order valence-corrected chi connectivity index (χ2v) is 9.55. The third kappa shape index (κ3) is 3.01. The van der Waals surface area contributed by atoms with Crippen molar-refractivity contribution in [3.63, 3.8) is 0 Å². The maximum Gasteiger partial charge on any atom is 0.262 e. The standard InChI is InChI=1S/C19H28N4O/c1-18(2)8-13(9-19(3,4)11-18)23-16-14(10-20-23)17(24)22-15(21-16)7-12-5-6-12/h10,12-13H,5-9,11H2,1-4H3,(H,21,22,24). The highest BCUT2D eigenvalue weighted by atomic mass is 16.1. The fourth-order valence-electron chi connectivity index (χ4n) is 4.90. The van der Waals surface area contributed by atoms with Crippen LogP contribution in [0.15, 0.2) is 11.0 Å². The van der Waals surface area contributed by atoms with Crippen LogP contribution in [0.4, 0.5) is 0 Å². The van der Waals surface area contributed by atoms with Gasteiger partial charge in [-0.05, 0) is 48.9 Å². The van der Waals surface area contributed by atoms with Crippen LogP contribution in [-0.2, 0) is 6.42 Å². The summed E-state index contributed by atoms with van der Waals surface area (Å²) in [7, 11) is 0. The zero-order chi connectivity index (χ0) is 17.1. The van der Waals surface area contributed by atoms with Gasteiger partial charge in [-0.25, -0.2) is 9.67 Å². The van der Waals surface area contributed by atoms with E-state index in [1.54, 1.807) is 6.20 Å². The molecule has 0 saturated heterocycles. The minimum atomic E-state index is -0.0452. The molecule has 2 heterocycles. The number of hydrogen-bond acceptors (Lipinski definition) is 3. The van der Waals surface area contributed by atoms with E-state index in [0.29, 0.717) is 17.3 Å². The van der Waals surface area contributed by atoms with Gasteiger partial charge in [-0.15, -0.1) is 0 Å². The average molecular weight is 328 g/mol. The minimum absolute atomic E-state index is 0.0452. The van der Waals surface area contributed by atoms with Crippen molar-refractivity contribution in [2.45, 2.75) is 72.3 Å². The van der Waals surface area contributed by atoms with Gasteiger partial charge in [-0.3, -0.25) is 4.79 Å². The molecule has 0 radical (unpaired) electrons. The van der Waals surface area contributed by atoms with Crippen molar-refractivity contribution in [3.05, 3.63) is 22.4 Å². The largest absolute Gasteiger partial charge is 0.310 e. The molecule has 2 aromatic heterocycles. The van der Waals surface area contributed by atoms with Gasteiger partial charge >= 0.3 is 0 Å². The molecule has 5 nitrogen and oxygen atoms in total. The lowest BCUT2D eigenvalue weighted by atomic mass is 9.63. The number of H-pyrrole nitrogens is 1. The molecule has 2 aliphatic carbocycles. The predicted molar refractivity (Wildman–Crippen MR) is 95.0 cm³/mol. The third-order valence-corrected chi connectivity index (χ3v) is 5.57. The van der Waals surface area contributed by atoms with E-state index in [9.17, 15) is 4.79 Å². The summed E-state index contributed by atoms with van der Waals surface area (Å²) in [6, 6.07) is 0.310. The maximum atomic E-state index is 12.4. The van der Waals surface area contributed by atoms with Gasteiger partial charge in [-0.1, -0.05) is 27.7 Å². The van der Waals surface area contributed by atoms with E-state index in [-0.39, 0.29) is 16.4 Å². The number of nitrogens with one attached hydrogen (secondary N) is 1. The molecular weight excluding hydrogens is 300 g/mol. The Balaban J connectivity index is 1.75. The predicted octanol–water partition coefficient (Wildman–Crippen LogP) is 3.85. The van der Waals surface area contributed by atoms with Crippen LogP contribution in [0.5, 0.6) is 0 Å². The van der Waals surface area contributed by atoms with Gasteiger partial charge in [0.05, 0.1) is 12.2 Å². The molecule has 5 heteroatoms. The highest BCUT2D eigenvalue weighted by Gasteiger charge is 2.40. The van der Waals surface area contributed by atoms with Gasteiger partial charge in [0.1, 0.15) is 11.2 Å². The molecule has 2 aromatic rings. The molecule has 2 aliphatic rings.